The first-order valence-electron chi connectivity index (χ1n) is 5.77. The minimum absolute atomic E-state index is 0.434. The van der Waals surface area contributed by atoms with E-state index in [9.17, 15) is 14.4 Å². The second-order valence-corrected chi connectivity index (χ2v) is 4.79. The van der Waals surface area contributed by atoms with Crippen LogP contribution in [0.1, 0.15) is 40.0 Å². The highest BCUT2D eigenvalue weighted by Crippen LogP contribution is 2.10. The molecule has 7 heteroatoms. The van der Waals surface area contributed by atoms with Gasteiger partial charge in [0.15, 0.2) is 0 Å². The molecule has 0 bridgehead atoms. The molecule has 7 nitrogen and oxygen atoms in total. The van der Waals surface area contributed by atoms with Gasteiger partial charge in [0.2, 0.25) is 5.91 Å². The summed E-state index contributed by atoms with van der Waals surface area (Å²) in [6.07, 6.45) is 1.21. The van der Waals surface area contributed by atoms with Gasteiger partial charge in [0.25, 0.3) is 0 Å². The Morgan fingerprint density at radius 1 is 1.33 bits per heavy atom. The summed E-state index contributed by atoms with van der Waals surface area (Å²) in [6.45, 7) is 5.65. The summed E-state index contributed by atoms with van der Waals surface area (Å²) in [5.41, 5.74) is 4.47. The number of aliphatic carboxylic acids is 1. The predicted molar refractivity (Wildman–Crippen MR) is 65.9 cm³/mol. The van der Waals surface area contributed by atoms with Crippen molar-refractivity contribution in [1.29, 1.82) is 0 Å². The lowest BCUT2D eigenvalue weighted by Gasteiger charge is -2.26. The Labute approximate surface area is 106 Å². The molecule has 0 aromatic heterocycles. The molecule has 0 spiro atoms. The second-order valence-electron chi connectivity index (χ2n) is 4.79. The van der Waals surface area contributed by atoms with Gasteiger partial charge in [-0.25, -0.2) is 9.59 Å². The average Bonchev–Trinajstić information content (AvgIpc) is 2.14. The van der Waals surface area contributed by atoms with Crippen LogP contribution in [0.25, 0.3) is 0 Å². The van der Waals surface area contributed by atoms with Crippen molar-refractivity contribution in [2.45, 2.75) is 51.6 Å². The summed E-state index contributed by atoms with van der Waals surface area (Å²) in [6, 6.07) is -1.93. The fourth-order valence-electron chi connectivity index (χ4n) is 1.59. The van der Waals surface area contributed by atoms with Crippen molar-refractivity contribution in [1.82, 2.24) is 10.6 Å². The molecule has 0 aromatic rings. The van der Waals surface area contributed by atoms with Gasteiger partial charge in [0.1, 0.15) is 6.04 Å². The van der Waals surface area contributed by atoms with Gasteiger partial charge in [-0.2, -0.15) is 0 Å². The quantitative estimate of drug-likeness (QED) is 0.521. The van der Waals surface area contributed by atoms with Crippen molar-refractivity contribution < 1.29 is 19.5 Å². The highest BCUT2D eigenvalue weighted by Gasteiger charge is 2.25. The van der Waals surface area contributed by atoms with Gasteiger partial charge in [0.05, 0.1) is 6.42 Å². The van der Waals surface area contributed by atoms with Crippen molar-refractivity contribution in [3.8, 4) is 0 Å². The van der Waals surface area contributed by atoms with E-state index in [0.29, 0.717) is 0 Å². The smallest absolute Gasteiger partial charge is 0.326 e. The monoisotopic (exact) mass is 259 g/mol. The number of nitrogens with two attached hydrogens (primary N) is 1. The Kier molecular flexibility index (Phi) is 6.15. The Morgan fingerprint density at radius 3 is 2.28 bits per heavy atom. The zero-order valence-electron chi connectivity index (χ0n) is 10.9. The maximum Gasteiger partial charge on any atom is 0.326 e. The Balaban J connectivity index is 4.43. The van der Waals surface area contributed by atoms with Gasteiger partial charge in [-0.1, -0.05) is 13.3 Å². The van der Waals surface area contributed by atoms with E-state index < -0.39 is 35.9 Å². The van der Waals surface area contributed by atoms with Crippen LogP contribution < -0.4 is 16.4 Å². The number of amides is 3. The number of carboxylic acid groups (broad SMARTS) is 1. The Bertz CT molecular complexity index is 328. The van der Waals surface area contributed by atoms with E-state index >= 15 is 0 Å². The number of carbonyl (C=O) groups excluding carboxylic acids is 2. The van der Waals surface area contributed by atoms with Crippen LogP contribution in [-0.4, -0.2) is 34.6 Å². The number of rotatable bonds is 7. The normalized spacial score (nSPS) is 12.6. The number of nitrogens with one attached hydrogen (secondary N) is 2. The number of primary amides is 1. The van der Waals surface area contributed by atoms with E-state index in [1.165, 1.54) is 0 Å². The van der Waals surface area contributed by atoms with Gasteiger partial charge in [0, 0.05) is 5.54 Å². The molecule has 0 aliphatic heterocycles. The zero-order valence-corrected chi connectivity index (χ0v) is 10.9. The number of carboxylic acids is 1. The van der Waals surface area contributed by atoms with E-state index in [4.69, 9.17) is 10.8 Å². The zero-order chi connectivity index (χ0) is 14.3. The van der Waals surface area contributed by atoms with Crippen molar-refractivity contribution in [2.75, 3.05) is 0 Å². The van der Waals surface area contributed by atoms with E-state index in [-0.39, 0.29) is 0 Å². The van der Waals surface area contributed by atoms with E-state index in [1.807, 2.05) is 20.8 Å². The third kappa shape index (κ3) is 6.72. The number of hydrogen-bond acceptors (Lipinski definition) is 3. The molecule has 104 valence electrons. The summed E-state index contributed by atoms with van der Waals surface area (Å²) in [7, 11) is 0. The maximum atomic E-state index is 11.6. The molecule has 0 saturated heterocycles. The van der Waals surface area contributed by atoms with Crippen molar-refractivity contribution >= 4 is 17.9 Å². The van der Waals surface area contributed by atoms with Crippen LogP contribution in [0, 0.1) is 0 Å². The SMILES string of the molecule is CCCC(C)(C)NC(=O)NC(CC(N)=O)C(=O)O. The maximum absolute atomic E-state index is 11.6. The summed E-state index contributed by atoms with van der Waals surface area (Å²) in [4.78, 5) is 33.1. The van der Waals surface area contributed by atoms with E-state index in [2.05, 4.69) is 10.6 Å². The lowest BCUT2D eigenvalue weighted by Crippen LogP contribution is -2.53. The second kappa shape index (κ2) is 6.83. The molecule has 0 heterocycles. The highest BCUT2D eigenvalue weighted by molar-refractivity contribution is 5.87. The van der Waals surface area contributed by atoms with Crippen molar-refractivity contribution in [3.05, 3.63) is 0 Å². The van der Waals surface area contributed by atoms with Crippen LogP contribution in [0.5, 0.6) is 0 Å². The van der Waals surface area contributed by atoms with E-state index in [1.54, 1.807) is 0 Å². The molecule has 1 atom stereocenters. The fraction of sp³-hybridized carbons (Fsp3) is 0.727. The molecular formula is C11H21N3O4. The minimum atomic E-state index is -1.31. The molecule has 0 aliphatic carbocycles. The van der Waals surface area contributed by atoms with Crippen LogP contribution in [0.15, 0.2) is 0 Å². The Morgan fingerprint density at radius 2 is 1.89 bits per heavy atom. The number of urea groups is 1. The Hall–Kier alpha value is -1.79. The molecule has 5 N–H and O–H groups in total. The predicted octanol–water partition coefficient (Wildman–Crippen LogP) is 0.193. The van der Waals surface area contributed by atoms with Crippen LogP contribution in [0.2, 0.25) is 0 Å². The van der Waals surface area contributed by atoms with Crippen molar-refractivity contribution in [3.63, 3.8) is 0 Å². The third-order valence-electron chi connectivity index (χ3n) is 2.34. The largest absolute Gasteiger partial charge is 0.480 e. The molecule has 1 unspecified atom stereocenters. The van der Waals surface area contributed by atoms with Crippen molar-refractivity contribution in [2.24, 2.45) is 5.73 Å². The summed E-state index contributed by atoms with van der Waals surface area (Å²) in [5, 5.41) is 13.7. The van der Waals surface area contributed by atoms with Gasteiger partial charge in [-0.15, -0.1) is 0 Å². The molecule has 18 heavy (non-hydrogen) atoms. The summed E-state index contributed by atoms with van der Waals surface area (Å²) in [5.74, 6) is -2.08. The third-order valence-corrected chi connectivity index (χ3v) is 2.34. The average molecular weight is 259 g/mol. The molecular weight excluding hydrogens is 238 g/mol. The summed E-state index contributed by atoms with van der Waals surface area (Å²) >= 11 is 0. The first-order valence-corrected chi connectivity index (χ1v) is 5.77. The summed E-state index contributed by atoms with van der Waals surface area (Å²) < 4.78 is 0. The van der Waals surface area contributed by atoms with Crippen LogP contribution in [0.3, 0.4) is 0 Å². The van der Waals surface area contributed by atoms with Crippen LogP contribution in [0.4, 0.5) is 4.79 Å². The minimum Gasteiger partial charge on any atom is -0.480 e. The molecule has 0 rings (SSSR count). The van der Waals surface area contributed by atoms with E-state index in [0.717, 1.165) is 12.8 Å². The molecule has 0 aliphatic rings. The molecule has 0 fully saturated rings. The highest BCUT2D eigenvalue weighted by atomic mass is 16.4. The van der Waals surface area contributed by atoms with Gasteiger partial charge in [-0.05, 0) is 20.3 Å². The lowest BCUT2D eigenvalue weighted by atomic mass is 9.99. The first kappa shape index (κ1) is 16.2. The fourth-order valence-corrected chi connectivity index (χ4v) is 1.59. The van der Waals surface area contributed by atoms with Crippen LogP contribution in [-0.2, 0) is 9.59 Å². The van der Waals surface area contributed by atoms with Gasteiger partial charge < -0.3 is 21.5 Å². The molecule has 3 amide bonds. The standard InChI is InChI=1S/C11H21N3O4/c1-4-5-11(2,3)14-10(18)13-7(9(16)17)6-8(12)15/h7H,4-6H2,1-3H3,(H2,12,15)(H,16,17)(H2,13,14,18). The van der Waals surface area contributed by atoms with Crippen LogP contribution >= 0.6 is 0 Å². The topological polar surface area (TPSA) is 122 Å². The van der Waals surface area contributed by atoms with Gasteiger partial charge >= 0.3 is 12.0 Å². The number of hydrogen-bond donors (Lipinski definition) is 4. The number of carbonyl (C=O) groups is 3. The molecule has 0 saturated carbocycles. The molecule has 0 radical (unpaired) electrons. The first-order chi connectivity index (χ1) is 8.18. The lowest BCUT2D eigenvalue weighted by molar-refractivity contribution is -0.140. The molecule has 0 aromatic carbocycles. The van der Waals surface area contributed by atoms with Gasteiger partial charge in [-0.3, -0.25) is 4.79 Å².